The van der Waals surface area contributed by atoms with Crippen molar-refractivity contribution in [1.29, 1.82) is 10.5 Å². The van der Waals surface area contributed by atoms with Gasteiger partial charge in [-0.15, -0.1) is 0 Å². The Morgan fingerprint density at radius 3 is 2.52 bits per heavy atom. The summed E-state index contributed by atoms with van der Waals surface area (Å²) in [6.07, 6.45) is -1.20. The zero-order valence-corrected chi connectivity index (χ0v) is 15.8. The average Bonchev–Trinajstić information content (AvgIpc) is 3.06. The third-order valence-corrected chi connectivity index (χ3v) is 6.53. The highest BCUT2D eigenvalue weighted by Gasteiger charge is 2.51. The van der Waals surface area contributed by atoms with Crippen molar-refractivity contribution >= 4 is 10.0 Å². The van der Waals surface area contributed by atoms with Crippen LogP contribution in [0.5, 0.6) is 5.75 Å². The number of nitrogens with zero attached hydrogens (tertiary/aromatic N) is 3. The van der Waals surface area contributed by atoms with E-state index in [0.717, 1.165) is 10.4 Å². The normalized spacial score (nSPS) is 22.0. The lowest BCUT2D eigenvalue weighted by Crippen LogP contribution is -2.48. The molecule has 150 valence electrons. The number of benzene rings is 2. The van der Waals surface area contributed by atoms with Crippen molar-refractivity contribution < 1.29 is 27.8 Å². The summed E-state index contributed by atoms with van der Waals surface area (Å²) in [5.41, 5.74) is -2.20. The van der Waals surface area contributed by atoms with Crippen molar-refractivity contribution in [2.24, 2.45) is 0 Å². The van der Waals surface area contributed by atoms with E-state index in [1.807, 2.05) is 6.07 Å². The molecule has 2 atom stereocenters. The molecule has 1 aliphatic rings. The molecule has 8 nitrogen and oxygen atoms in total. The Hall–Kier alpha value is -3.02. The fourth-order valence-electron chi connectivity index (χ4n) is 3.06. The van der Waals surface area contributed by atoms with Crippen molar-refractivity contribution in [3.8, 4) is 17.9 Å². The quantitative estimate of drug-likeness (QED) is 0.733. The van der Waals surface area contributed by atoms with E-state index in [0.29, 0.717) is 0 Å². The molecular formula is C19H16FN3O5S. The largest absolute Gasteiger partial charge is 0.486 e. The Labute approximate surface area is 166 Å². The first-order valence-electron chi connectivity index (χ1n) is 8.44. The third-order valence-electron chi connectivity index (χ3n) is 4.66. The lowest BCUT2D eigenvalue weighted by molar-refractivity contribution is -0.0641. The van der Waals surface area contributed by atoms with Crippen molar-refractivity contribution in [1.82, 2.24) is 4.31 Å². The summed E-state index contributed by atoms with van der Waals surface area (Å²) in [4.78, 5) is -0.229. The van der Waals surface area contributed by atoms with Gasteiger partial charge in [0.25, 0.3) is 0 Å². The molecule has 29 heavy (non-hydrogen) atoms. The summed E-state index contributed by atoms with van der Waals surface area (Å²) in [5, 5.41) is 38.3. The van der Waals surface area contributed by atoms with E-state index in [4.69, 9.17) is 10.00 Å². The highest BCUT2D eigenvalue weighted by molar-refractivity contribution is 7.89. The van der Waals surface area contributed by atoms with Crippen LogP contribution in [-0.4, -0.2) is 54.3 Å². The lowest BCUT2D eigenvalue weighted by atomic mass is 10.0. The van der Waals surface area contributed by atoms with Crippen LogP contribution >= 0.6 is 0 Å². The molecule has 0 spiro atoms. The maximum absolute atomic E-state index is 13.8. The fourth-order valence-corrected chi connectivity index (χ4v) is 4.70. The number of β-amino-alcohol motifs (C(OH)–C–C–N with tert-alkyl or cyclic N) is 1. The molecule has 2 aromatic rings. The van der Waals surface area contributed by atoms with Gasteiger partial charge in [0.2, 0.25) is 10.0 Å². The first kappa shape index (κ1) is 20.7. The van der Waals surface area contributed by atoms with E-state index in [1.54, 1.807) is 6.07 Å². The second-order valence-electron chi connectivity index (χ2n) is 6.53. The number of sulfonamides is 1. The van der Waals surface area contributed by atoms with Crippen molar-refractivity contribution in [3.63, 3.8) is 0 Å². The van der Waals surface area contributed by atoms with E-state index < -0.39 is 40.7 Å². The summed E-state index contributed by atoms with van der Waals surface area (Å²) in [7, 11) is -4.16. The number of nitriles is 2. The van der Waals surface area contributed by atoms with Crippen molar-refractivity contribution in [2.75, 3.05) is 19.7 Å². The molecule has 0 radical (unpaired) electrons. The predicted octanol–water partition coefficient (Wildman–Crippen LogP) is 0.744. The zero-order chi connectivity index (χ0) is 21.2. The average molecular weight is 417 g/mol. The Balaban J connectivity index is 1.91. The van der Waals surface area contributed by atoms with Gasteiger partial charge < -0.3 is 14.9 Å². The van der Waals surface area contributed by atoms with Crippen LogP contribution in [0, 0.1) is 28.5 Å². The first-order chi connectivity index (χ1) is 13.7. The Bertz CT molecular complexity index is 1130. The highest BCUT2D eigenvalue weighted by atomic mass is 32.2. The first-order valence-corrected chi connectivity index (χ1v) is 9.88. The predicted molar refractivity (Wildman–Crippen MR) is 97.5 cm³/mol. The summed E-state index contributed by atoms with van der Waals surface area (Å²) >= 11 is 0. The van der Waals surface area contributed by atoms with Gasteiger partial charge in [-0.25, -0.2) is 12.8 Å². The van der Waals surface area contributed by atoms with Crippen LogP contribution in [0.3, 0.4) is 0 Å². The lowest BCUT2D eigenvalue weighted by Gasteiger charge is -2.27. The van der Waals surface area contributed by atoms with E-state index in [9.17, 15) is 28.3 Å². The number of halogens is 1. The van der Waals surface area contributed by atoms with Crippen LogP contribution in [0.25, 0.3) is 0 Å². The molecule has 0 bridgehead atoms. The molecule has 0 unspecified atom stereocenters. The maximum Gasteiger partial charge on any atom is 0.244 e. The second-order valence-corrected chi connectivity index (χ2v) is 8.43. The van der Waals surface area contributed by atoms with Gasteiger partial charge in [0, 0.05) is 12.6 Å². The van der Waals surface area contributed by atoms with Gasteiger partial charge in [-0.2, -0.15) is 14.8 Å². The van der Waals surface area contributed by atoms with E-state index in [1.165, 1.54) is 36.4 Å². The maximum atomic E-state index is 13.8. The molecule has 2 aromatic carbocycles. The molecule has 1 heterocycles. The molecule has 10 heteroatoms. The minimum Gasteiger partial charge on any atom is -0.486 e. The minimum absolute atomic E-state index is 0.0324. The van der Waals surface area contributed by atoms with Gasteiger partial charge in [0.05, 0.1) is 29.2 Å². The van der Waals surface area contributed by atoms with Gasteiger partial charge >= 0.3 is 0 Å². The van der Waals surface area contributed by atoms with Crippen molar-refractivity contribution in [2.45, 2.75) is 16.6 Å². The van der Waals surface area contributed by atoms with Crippen molar-refractivity contribution in [3.05, 3.63) is 59.4 Å². The topological polar surface area (TPSA) is 135 Å². The third kappa shape index (κ3) is 3.79. The van der Waals surface area contributed by atoms with Gasteiger partial charge in [-0.3, -0.25) is 0 Å². The van der Waals surface area contributed by atoms with E-state index in [2.05, 4.69) is 0 Å². The molecule has 3 rings (SSSR count). The molecular weight excluding hydrogens is 401 g/mol. The Morgan fingerprint density at radius 2 is 1.90 bits per heavy atom. The highest BCUT2D eigenvalue weighted by Crippen LogP contribution is 2.32. The van der Waals surface area contributed by atoms with Gasteiger partial charge in [-0.1, -0.05) is 12.1 Å². The van der Waals surface area contributed by atoms with E-state index in [-0.39, 0.29) is 28.3 Å². The molecule has 0 amide bonds. The number of hydrogen-bond donors (Lipinski definition) is 2. The van der Waals surface area contributed by atoms with Crippen LogP contribution < -0.4 is 4.74 Å². The molecule has 1 fully saturated rings. The summed E-state index contributed by atoms with van der Waals surface area (Å²) < 4.78 is 46.2. The smallest absolute Gasteiger partial charge is 0.244 e. The van der Waals surface area contributed by atoms with Crippen LogP contribution in [0.2, 0.25) is 0 Å². The van der Waals surface area contributed by atoms with Gasteiger partial charge in [-0.05, 0) is 24.3 Å². The minimum atomic E-state index is -4.16. The standard InChI is InChI=1S/C19H16FN3O5S/c20-16-7-15(6-5-13(16)8-21)28-18-10-23(11-19(18,25)12-24)29(26,27)17-4-2-1-3-14(17)9-22/h1-7,18,24-25H,10-12H2/t18-,19-/m0/s1. The molecule has 2 N–H and O–H groups in total. The van der Waals surface area contributed by atoms with Gasteiger partial charge in [0.1, 0.15) is 35.4 Å². The number of aliphatic hydroxyl groups is 2. The molecule has 0 saturated carbocycles. The van der Waals surface area contributed by atoms with E-state index >= 15 is 0 Å². The molecule has 1 aliphatic heterocycles. The molecule has 0 aromatic heterocycles. The molecule has 1 saturated heterocycles. The summed E-state index contributed by atoms with van der Waals surface area (Å²) in [6.45, 7) is -1.61. The van der Waals surface area contributed by atoms with Crippen LogP contribution in [0.4, 0.5) is 4.39 Å². The molecule has 0 aliphatic carbocycles. The van der Waals surface area contributed by atoms with Crippen LogP contribution in [0.1, 0.15) is 11.1 Å². The fraction of sp³-hybridized carbons (Fsp3) is 0.263. The van der Waals surface area contributed by atoms with Crippen LogP contribution in [-0.2, 0) is 10.0 Å². The SMILES string of the molecule is N#Cc1ccc(O[C@H]2CN(S(=O)(=O)c3ccccc3C#N)C[C@]2(O)CO)cc1F. The Kier molecular flexibility index (Phi) is 5.55. The summed E-state index contributed by atoms with van der Waals surface area (Å²) in [5.74, 6) is -0.863. The number of ether oxygens (including phenoxy) is 1. The number of aliphatic hydroxyl groups excluding tert-OH is 1. The second kappa shape index (κ2) is 7.78. The number of hydrogen-bond acceptors (Lipinski definition) is 7. The van der Waals surface area contributed by atoms with Gasteiger partial charge in [0.15, 0.2) is 0 Å². The zero-order valence-electron chi connectivity index (χ0n) is 15.0. The van der Waals surface area contributed by atoms with Crippen LogP contribution in [0.15, 0.2) is 47.4 Å². The Morgan fingerprint density at radius 1 is 1.21 bits per heavy atom. The number of rotatable bonds is 5. The summed E-state index contributed by atoms with van der Waals surface area (Å²) in [6, 6.07) is 12.5. The monoisotopic (exact) mass is 417 g/mol.